The van der Waals surface area contributed by atoms with Crippen molar-refractivity contribution in [3.05, 3.63) is 34.9 Å². The minimum atomic E-state index is 0.172. The molecule has 4 rings (SSSR count). The molecule has 3 saturated carbocycles. The summed E-state index contributed by atoms with van der Waals surface area (Å²) >= 11 is 0. The molecule has 0 bridgehead atoms. The smallest absolute Gasteiger partial charge is 0.0644 e. The molecule has 4 aliphatic rings. The third kappa shape index (κ3) is 3.50. The Kier molecular flexibility index (Phi) is 5.93. The van der Waals surface area contributed by atoms with Gasteiger partial charge in [0.05, 0.1) is 6.61 Å². The Labute approximate surface area is 179 Å². The fraction of sp³-hybridized carbons (Fsp3) is 0.786. The predicted molar refractivity (Wildman–Crippen MR) is 124 cm³/mol. The summed E-state index contributed by atoms with van der Waals surface area (Å²) in [5.41, 5.74) is 5.20. The van der Waals surface area contributed by atoms with Crippen LogP contribution in [-0.4, -0.2) is 11.7 Å². The van der Waals surface area contributed by atoms with Crippen molar-refractivity contribution in [2.45, 2.75) is 92.4 Å². The Morgan fingerprint density at radius 3 is 2.69 bits per heavy atom. The zero-order chi connectivity index (χ0) is 20.8. The van der Waals surface area contributed by atoms with Gasteiger partial charge >= 0.3 is 0 Å². The average Bonchev–Trinajstić information content (AvgIpc) is 3.08. The summed E-state index contributed by atoms with van der Waals surface area (Å²) in [6.07, 6.45) is 20.2. The number of fused-ring (bicyclic) bond motifs is 5. The van der Waals surface area contributed by atoms with E-state index in [0.717, 1.165) is 29.2 Å². The summed E-state index contributed by atoms with van der Waals surface area (Å²) in [7, 11) is 0. The van der Waals surface area contributed by atoms with Crippen molar-refractivity contribution < 1.29 is 5.11 Å². The molecule has 29 heavy (non-hydrogen) atoms. The molecule has 0 unspecified atom stereocenters. The first-order chi connectivity index (χ1) is 13.8. The molecule has 0 aliphatic heterocycles. The SMILES string of the molecule is CC(C=C[C@@H](C)[C@H]1CC[C@H]2[C@@H]3CC=C4CCCC[C@]4(C)[C@H]3CC[C@]12C)=C(C)CO. The van der Waals surface area contributed by atoms with Gasteiger partial charge in [-0.2, -0.15) is 0 Å². The second-order valence-electron chi connectivity index (χ2n) is 11.5. The second kappa shape index (κ2) is 8.03. The second-order valence-corrected chi connectivity index (χ2v) is 11.5. The highest BCUT2D eigenvalue weighted by Gasteiger charge is 2.58. The van der Waals surface area contributed by atoms with Crippen molar-refractivity contribution in [3.63, 3.8) is 0 Å². The Balaban J connectivity index is 1.54. The molecule has 0 aromatic rings. The summed E-state index contributed by atoms with van der Waals surface area (Å²) in [6, 6.07) is 0. The number of rotatable bonds is 4. The van der Waals surface area contributed by atoms with E-state index in [0.29, 0.717) is 16.7 Å². The van der Waals surface area contributed by atoms with E-state index >= 15 is 0 Å². The highest BCUT2D eigenvalue weighted by molar-refractivity contribution is 5.26. The molecule has 1 heteroatoms. The molecular formula is C28H44O. The maximum Gasteiger partial charge on any atom is 0.0644 e. The van der Waals surface area contributed by atoms with Gasteiger partial charge < -0.3 is 5.11 Å². The Morgan fingerprint density at radius 2 is 1.93 bits per heavy atom. The molecule has 0 amide bonds. The summed E-state index contributed by atoms with van der Waals surface area (Å²) in [4.78, 5) is 0. The summed E-state index contributed by atoms with van der Waals surface area (Å²) in [5.74, 6) is 4.25. The molecule has 0 aromatic carbocycles. The van der Waals surface area contributed by atoms with Crippen molar-refractivity contribution in [1.29, 1.82) is 0 Å². The van der Waals surface area contributed by atoms with E-state index < -0.39 is 0 Å². The maximum atomic E-state index is 9.39. The van der Waals surface area contributed by atoms with E-state index in [-0.39, 0.29) is 6.61 Å². The van der Waals surface area contributed by atoms with Crippen LogP contribution in [0.3, 0.4) is 0 Å². The van der Waals surface area contributed by atoms with Crippen LogP contribution >= 0.6 is 0 Å². The van der Waals surface area contributed by atoms with E-state index in [1.165, 1.54) is 63.4 Å². The van der Waals surface area contributed by atoms with Crippen LogP contribution in [0.4, 0.5) is 0 Å². The zero-order valence-corrected chi connectivity index (χ0v) is 19.6. The Hall–Kier alpha value is -0.820. The fourth-order valence-corrected chi connectivity index (χ4v) is 8.30. The molecule has 7 atom stereocenters. The first-order valence-corrected chi connectivity index (χ1v) is 12.5. The van der Waals surface area contributed by atoms with Crippen LogP contribution in [0.1, 0.15) is 92.4 Å². The van der Waals surface area contributed by atoms with Crippen LogP contribution in [0.15, 0.2) is 34.9 Å². The molecule has 1 N–H and O–H groups in total. The standard InChI is InChI=1S/C28H44O/c1-19(21(3)18-29)9-10-20(2)24-13-14-25-23-12-11-22-8-6-7-16-27(22,4)26(23)15-17-28(24,25)5/h9-11,20,23-26,29H,6-8,12-18H2,1-5H3/t20-,23+,24-,25+,26+,27+,28-/m1/s1. The van der Waals surface area contributed by atoms with Crippen molar-refractivity contribution in [2.24, 2.45) is 40.4 Å². The molecule has 0 radical (unpaired) electrons. The fourth-order valence-electron chi connectivity index (χ4n) is 8.30. The topological polar surface area (TPSA) is 20.2 Å². The van der Waals surface area contributed by atoms with Crippen LogP contribution in [0.5, 0.6) is 0 Å². The maximum absolute atomic E-state index is 9.39. The molecule has 4 aliphatic carbocycles. The quantitative estimate of drug-likeness (QED) is 0.386. The summed E-state index contributed by atoms with van der Waals surface area (Å²) < 4.78 is 0. The van der Waals surface area contributed by atoms with Crippen molar-refractivity contribution in [1.82, 2.24) is 0 Å². The molecule has 0 saturated heterocycles. The molecular weight excluding hydrogens is 352 g/mol. The number of allylic oxidation sites excluding steroid dienone is 5. The first kappa shape index (κ1) is 21.4. The van der Waals surface area contributed by atoms with Crippen LogP contribution in [0.2, 0.25) is 0 Å². The average molecular weight is 397 g/mol. The van der Waals surface area contributed by atoms with Crippen LogP contribution in [-0.2, 0) is 0 Å². The van der Waals surface area contributed by atoms with Crippen molar-refractivity contribution in [3.8, 4) is 0 Å². The van der Waals surface area contributed by atoms with Crippen LogP contribution in [0.25, 0.3) is 0 Å². The van der Waals surface area contributed by atoms with E-state index in [1.54, 1.807) is 0 Å². The van der Waals surface area contributed by atoms with Gasteiger partial charge in [0.2, 0.25) is 0 Å². The van der Waals surface area contributed by atoms with E-state index in [4.69, 9.17) is 0 Å². The molecule has 0 heterocycles. The summed E-state index contributed by atoms with van der Waals surface area (Å²) in [6.45, 7) is 12.1. The van der Waals surface area contributed by atoms with Crippen LogP contribution < -0.4 is 0 Å². The van der Waals surface area contributed by atoms with Crippen molar-refractivity contribution in [2.75, 3.05) is 6.61 Å². The first-order valence-electron chi connectivity index (χ1n) is 12.5. The monoisotopic (exact) mass is 396 g/mol. The van der Waals surface area contributed by atoms with Gasteiger partial charge in [0.25, 0.3) is 0 Å². The van der Waals surface area contributed by atoms with Gasteiger partial charge in [-0.3, -0.25) is 0 Å². The van der Waals surface area contributed by atoms with Crippen LogP contribution in [0, 0.1) is 40.4 Å². The van der Waals surface area contributed by atoms with E-state index in [9.17, 15) is 5.11 Å². The molecule has 162 valence electrons. The Bertz CT molecular complexity index is 712. The Morgan fingerprint density at radius 1 is 1.14 bits per heavy atom. The number of hydrogen-bond acceptors (Lipinski definition) is 1. The largest absolute Gasteiger partial charge is 0.392 e. The van der Waals surface area contributed by atoms with Gasteiger partial charge in [-0.05, 0) is 111 Å². The molecule has 1 nitrogen and oxygen atoms in total. The van der Waals surface area contributed by atoms with E-state index in [1.807, 2.05) is 12.5 Å². The van der Waals surface area contributed by atoms with Crippen molar-refractivity contribution >= 4 is 0 Å². The lowest BCUT2D eigenvalue weighted by atomic mass is 9.47. The summed E-state index contributed by atoms with van der Waals surface area (Å²) in [5, 5.41) is 9.39. The minimum Gasteiger partial charge on any atom is -0.392 e. The van der Waals surface area contributed by atoms with E-state index in [2.05, 4.69) is 45.9 Å². The molecule has 0 aromatic heterocycles. The normalized spacial score (nSPS) is 43.9. The van der Waals surface area contributed by atoms with Gasteiger partial charge in [0, 0.05) is 0 Å². The lowest BCUT2D eigenvalue weighted by molar-refractivity contribution is -0.0462. The zero-order valence-electron chi connectivity index (χ0n) is 19.6. The van der Waals surface area contributed by atoms with Gasteiger partial charge in [-0.25, -0.2) is 0 Å². The number of aliphatic hydroxyl groups excluding tert-OH is 1. The van der Waals surface area contributed by atoms with Gasteiger partial charge in [-0.15, -0.1) is 0 Å². The van der Waals surface area contributed by atoms with Gasteiger partial charge in [0.15, 0.2) is 0 Å². The molecule has 3 fully saturated rings. The number of hydrogen-bond donors (Lipinski definition) is 1. The molecule has 0 spiro atoms. The van der Waals surface area contributed by atoms with Gasteiger partial charge in [-0.1, -0.05) is 56.6 Å². The van der Waals surface area contributed by atoms with Gasteiger partial charge in [0.1, 0.15) is 0 Å². The highest BCUT2D eigenvalue weighted by Crippen LogP contribution is 2.67. The lowest BCUT2D eigenvalue weighted by Gasteiger charge is -2.58. The third-order valence-corrected chi connectivity index (χ3v) is 10.3. The highest BCUT2D eigenvalue weighted by atomic mass is 16.3. The minimum absolute atomic E-state index is 0.172. The lowest BCUT2D eigenvalue weighted by Crippen LogP contribution is -2.49. The predicted octanol–water partition coefficient (Wildman–Crippen LogP) is 7.48. The third-order valence-electron chi connectivity index (χ3n) is 10.3. The number of aliphatic hydroxyl groups is 1.